The Kier molecular flexibility index (Phi) is 7.84. The van der Waals surface area contributed by atoms with Gasteiger partial charge in [0.1, 0.15) is 22.9 Å². The second-order valence-electron chi connectivity index (χ2n) is 11.6. The molecular weight excluding hydrogens is 526 g/mol. The molecule has 2 unspecified atom stereocenters. The maximum atomic E-state index is 13.2. The fraction of sp³-hybridized carbons (Fsp3) is 0.692. The first kappa shape index (κ1) is 28.4. The SMILES string of the molecule is CC(C)(C)c1ccc([S+]2CCOCC2)cc1.O=C1C2CC3CC1CC(OC(=O)C(F)(F)S(=O)(=O)[O-])(C3)C2. The maximum Gasteiger partial charge on any atom is 0.428 e. The first-order valence-corrected chi connectivity index (χ1v) is 15.5. The molecule has 37 heavy (non-hydrogen) atoms. The van der Waals surface area contributed by atoms with Gasteiger partial charge in [-0.1, -0.05) is 32.9 Å². The third-order valence-corrected chi connectivity index (χ3v) is 10.9. The fourth-order valence-corrected chi connectivity index (χ4v) is 8.15. The van der Waals surface area contributed by atoms with Crippen LogP contribution in [0.25, 0.3) is 0 Å². The van der Waals surface area contributed by atoms with Crippen molar-refractivity contribution in [3.05, 3.63) is 29.8 Å². The summed E-state index contributed by atoms with van der Waals surface area (Å²) in [5, 5.41) is -5.10. The Hall–Kier alpha value is -1.56. The molecule has 6 rings (SSSR count). The summed E-state index contributed by atoms with van der Waals surface area (Å²) in [6.07, 6.45) is 1.93. The number of hydrogen-bond donors (Lipinski definition) is 0. The van der Waals surface area contributed by atoms with Gasteiger partial charge in [0.2, 0.25) is 0 Å². The van der Waals surface area contributed by atoms with E-state index in [1.165, 1.54) is 22.0 Å². The first-order valence-electron chi connectivity index (χ1n) is 12.6. The summed E-state index contributed by atoms with van der Waals surface area (Å²) in [6, 6.07) is 9.21. The molecule has 0 aromatic heterocycles. The summed E-state index contributed by atoms with van der Waals surface area (Å²) in [5.74, 6) is -0.370. The Morgan fingerprint density at radius 3 is 2.08 bits per heavy atom. The zero-order valence-corrected chi connectivity index (χ0v) is 23.0. The van der Waals surface area contributed by atoms with Crippen LogP contribution in [0.5, 0.6) is 0 Å². The number of carbonyl (C=O) groups is 2. The van der Waals surface area contributed by atoms with E-state index in [4.69, 9.17) is 9.47 Å². The molecule has 4 bridgehead atoms. The predicted octanol–water partition coefficient (Wildman–Crippen LogP) is 3.81. The summed E-state index contributed by atoms with van der Waals surface area (Å²) in [7, 11) is -5.69. The van der Waals surface area contributed by atoms with E-state index in [1.807, 2.05) is 0 Å². The summed E-state index contributed by atoms with van der Waals surface area (Å²) in [4.78, 5) is 24.9. The Morgan fingerprint density at radius 2 is 1.59 bits per heavy atom. The van der Waals surface area contributed by atoms with Crippen molar-refractivity contribution >= 4 is 32.8 Å². The van der Waals surface area contributed by atoms with Crippen molar-refractivity contribution in [2.24, 2.45) is 17.8 Å². The molecule has 1 aromatic carbocycles. The zero-order valence-electron chi connectivity index (χ0n) is 21.3. The van der Waals surface area contributed by atoms with Crippen LogP contribution in [0, 0.1) is 17.8 Å². The molecule has 11 heteroatoms. The van der Waals surface area contributed by atoms with Gasteiger partial charge in [-0.3, -0.25) is 4.79 Å². The Balaban J connectivity index is 0.000000180. The molecule has 7 nitrogen and oxygen atoms in total. The van der Waals surface area contributed by atoms with Crippen LogP contribution in [0.4, 0.5) is 8.78 Å². The van der Waals surface area contributed by atoms with E-state index < -0.39 is 26.9 Å². The van der Waals surface area contributed by atoms with Crippen LogP contribution >= 0.6 is 0 Å². The fourth-order valence-electron chi connectivity index (χ4n) is 6.06. The van der Waals surface area contributed by atoms with Crippen molar-refractivity contribution < 1.29 is 40.8 Å². The number of alkyl halides is 2. The van der Waals surface area contributed by atoms with E-state index >= 15 is 0 Å². The van der Waals surface area contributed by atoms with E-state index in [-0.39, 0.29) is 41.8 Å². The van der Waals surface area contributed by atoms with Gasteiger partial charge in [0.25, 0.3) is 0 Å². The highest BCUT2D eigenvalue weighted by Crippen LogP contribution is 2.56. The van der Waals surface area contributed by atoms with Gasteiger partial charge in [-0.05, 0) is 61.1 Å². The number of ketones is 1. The van der Waals surface area contributed by atoms with Gasteiger partial charge in [0, 0.05) is 22.7 Å². The van der Waals surface area contributed by atoms with Crippen LogP contribution in [0.3, 0.4) is 0 Å². The molecular formula is C26H34F2O7S2. The average molecular weight is 561 g/mol. The Morgan fingerprint density at radius 1 is 1.05 bits per heavy atom. The van der Waals surface area contributed by atoms with Crippen molar-refractivity contribution in [3.63, 3.8) is 0 Å². The lowest BCUT2D eigenvalue weighted by molar-refractivity contribution is -0.201. The van der Waals surface area contributed by atoms with Gasteiger partial charge in [0.15, 0.2) is 15.0 Å². The van der Waals surface area contributed by atoms with Gasteiger partial charge in [0.05, 0.1) is 13.2 Å². The smallest absolute Gasteiger partial charge is 0.428 e. The quantitative estimate of drug-likeness (QED) is 0.313. The summed E-state index contributed by atoms with van der Waals surface area (Å²) in [6.45, 7) is 8.66. The number of halogens is 2. The molecule has 1 aliphatic heterocycles. The van der Waals surface area contributed by atoms with E-state index in [2.05, 4.69) is 45.0 Å². The molecule has 0 amide bonds. The predicted molar refractivity (Wildman–Crippen MR) is 133 cm³/mol. The largest absolute Gasteiger partial charge is 0.743 e. The van der Waals surface area contributed by atoms with E-state index in [9.17, 15) is 31.3 Å². The average Bonchev–Trinajstić information content (AvgIpc) is 2.81. The Labute approximate surface area is 219 Å². The van der Waals surface area contributed by atoms with Crippen LogP contribution in [0.1, 0.15) is 58.4 Å². The van der Waals surface area contributed by atoms with Gasteiger partial charge in [-0.2, -0.15) is 8.78 Å². The second-order valence-corrected chi connectivity index (χ2v) is 15.3. The molecule has 4 aliphatic carbocycles. The number of hydrogen-bond acceptors (Lipinski definition) is 7. The van der Waals surface area contributed by atoms with Crippen molar-refractivity contribution in [2.75, 3.05) is 24.7 Å². The summed E-state index contributed by atoms with van der Waals surface area (Å²) >= 11 is 0. The van der Waals surface area contributed by atoms with Crippen LogP contribution < -0.4 is 0 Å². The number of carbonyl (C=O) groups excluding carboxylic acids is 2. The monoisotopic (exact) mass is 560 g/mol. The van der Waals surface area contributed by atoms with Crippen molar-refractivity contribution in [1.82, 2.24) is 0 Å². The maximum absolute atomic E-state index is 13.2. The normalized spacial score (nSPS) is 30.0. The highest BCUT2D eigenvalue weighted by molar-refractivity contribution is 7.97. The Bertz CT molecular complexity index is 1100. The zero-order chi connectivity index (χ0) is 27.2. The standard InChI is InChI=1S/C14H21OS.C12H14F2O6S/c1-14(2,3)12-4-6-13(7-5-12)16-10-8-15-9-11-16;13-12(14,21(17,18)19)10(16)20-11-3-6-1-7(4-11)9(15)8(2-6)5-11/h4-7H,8-11H2,1-3H3;6-8H,1-5H2,(H,17,18,19)/q+1;/p-1. The van der Waals surface area contributed by atoms with E-state index in [1.54, 1.807) is 0 Å². The molecule has 206 valence electrons. The van der Waals surface area contributed by atoms with Gasteiger partial charge < -0.3 is 14.0 Å². The molecule has 0 spiro atoms. The van der Waals surface area contributed by atoms with E-state index in [0.717, 1.165) is 13.2 Å². The highest BCUT2D eigenvalue weighted by atomic mass is 32.2. The van der Waals surface area contributed by atoms with Crippen LogP contribution in [0.2, 0.25) is 0 Å². The van der Waals surface area contributed by atoms with Gasteiger partial charge in [-0.15, -0.1) is 0 Å². The molecule has 5 aliphatic rings. The molecule has 2 atom stereocenters. The topological polar surface area (TPSA) is 110 Å². The van der Waals surface area contributed by atoms with Crippen LogP contribution in [0.15, 0.2) is 29.2 Å². The molecule has 0 radical (unpaired) electrons. The minimum atomic E-state index is -6.12. The molecule has 5 fully saturated rings. The lowest BCUT2D eigenvalue weighted by atomic mass is 9.53. The van der Waals surface area contributed by atoms with Crippen LogP contribution in [-0.2, 0) is 45.5 Å². The lowest BCUT2D eigenvalue weighted by Crippen LogP contribution is -2.58. The van der Waals surface area contributed by atoms with Crippen LogP contribution in [-0.4, -0.2) is 60.3 Å². The number of Topliss-reactive ketones (excluding diaryl/α,β-unsaturated/α-hetero) is 1. The van der Waals surface area contributed by atoms with Crippen molar-refractivity contribution in [3.8, 4) is 0 Å². The minimum absolute atomic E-state index is 0.0702. The number of ether oxygens (including phenoxy) is 2. The first-order chi connectivity index (χ1) is 17.1. The second kappa shape index (κ2) is 10.2. The number of rotatable bonds is 4. The van der Waals surface area contributed by atoms with Gasteiger partial charge in [-0.25, -0.2) is 13.2 Å². The molecule has 1 heterocycles. The highest BCUT2D eigenvalue weighted by Gasteiger charge is 2.60. The molecule has 1 aromatic rings. The van der Waals surface area contributed by atoms with Crippen molar-refractivity contribution in [1.29, 1.82) is 0 Å². The lowest BCUT2D eigenvalue weighted by Gasteiger charge is -2.54. The third kappa shape index (κ3) is 6.04. The van der Waals surface area contributed by atoms with Gasteiger partial charge >= 0.3 is 11.2 Å². The minimum Gasteiger partial charge on any atom is -0.743 e. The number of esters is 1. The molecule has 4 saturated carbocycles. The summed E-state index contributed by atoms with van der Waals surface area (Å²) < 4.78 is 68.1. The third-order valence-electron chi connectivity index (χ3n) is 7.80. The molecule has 1 saturated heterocycles. The molecule has 0 N–H and O–H groups in total. The van der Waals surface area contributed by atoms with E-state index in [0.29, 0.717) is 30.2 Å². The summed E-state index contributed by atoms with van der Waals surface area (Å²) in [5.41, 5.74) is 0.459. The van der Waals surface area contributed by atoms with Crippen molar-refractivity contribution in [2.45, 2.75) is 74.0 Å². The number of benzene rings is 1.